The Balaban J connectivity index is 1.64. The fraction of sp³-hybridized carbons (Fsp3) is 0.462. The Labute approximate surface area is 101 Å². The molecule has 1 aliphatic rings. The summed E-state index contributed by atoms with van der Waals surface area (Å²) in [5.74, 6) is 0.413. The van der Waals surface area contributed by atoms with Crippen LogP contribution in [-0.4, -0.2) is 30.9 Å². The summed E-state index contributed by atoms with van der Waals surface area (Å²) in [6.07, 6.45) is 9.34. The van der Waals surface area contributed by atoms with Crippen LogP contribution in [0.4, 0.5) is 0 Å². The molecular weight excluding hydrogens is 218 g/mol. The maximum absolute atomic E-state index is 10.4. The first-order valence-corrected chi connectivity index (χ1v) is 5.93. The van der Waals surface area contributed by atoms with Gasteiger partial charge in [0, 0.05) is 12.7 Å². The van der Waals surface area contributed by atoms with Gasteiger partial charge in [-0.15, -0.1) is 0 Å². The minimum Gasteiger partial charge on any atom is -0.498 e. The van der Waals surface area contributed by atoms with Crippen LogP contribution in [-0.2, 0) is 11.2 Å². The molecule has 2 rings (SSSR count). The summed E-state index contributed by atoms with van der Waals surface area (Å²) < 4.78 is 10.2. The van der Waals surface area contributed by atoms with Gasteiger partial charge in [-0.3, -0.25) is 4.79 Å². The van der Waals surface area contributed by atoms with Crippen LogP contribution in [0.5, 0.6) is 0 Å². The van der Waals surface area contributed by atoms with Gasteiger partial charge in [-0.05, 0) is 30.9 Å². The maximum atomic E-state index is 10.4. The number of ether oxygens (including phenoxy) is 1. The summed E-state index contributed by atoms with van der Waals surface area (Å²) >= 11 is 0. The van der Waals surface area contributed by atoms with Crippen LogP contribution >= 0.6 is 0 Å². The number of unbranched alkanes of at least 4 members (excludes halogenated alkanes) is 1. The zero-order valence-electron chi connectivity index (χ0n) is 9.80. The van der Waals surface area contributed by atoms with E-state index in [0.29, 0.717) is 5.76 Å². The molecule has 4 nitrogen and oxygen atoms in total. The largest absolute Gasteiger partial charge is 0.498 e. The minimum absolute atomic E-state index is 0.413. The normalized spacial score (nSPS) is 14.7. The summed E-state index contributed by atoms with van der Waals surface area (Å²) in [5.41, 5.74) is 1.10. The number of aryl methyl sites for hydroxylation is 1. The fourth-order valence-electron chi connectivity index (χ4n) is 1.86. The molecule has 0 bridgehead atoms. The van der Waals surface area contributed by atoms with E-state index in [0.717, 1.165) is 50.8 Å². The molecule has 92 valence electrons. The molecule has 0 amide bonds. The van der Waals surface area contributed by atoms with E-state index in [4.69, 9.17) is 9.15 Å². The van der Waals surface area contributed by atoms with Crippen LogP contribution in [0.2, 0.25) is 0 Å². The third kappa shape index (κ3) is 3.66. The van der Waals surface area contributed by atoms with E-state index in [-0.39, 0.29) is 0 Å². The fourth-order valence-corrected chi connectivity index (χ4v) is 1.86. The molecule has 0 fully saturated rings. The first kappa shape index (κ1) is 11.8. The molecule has 1 aromatic heterocycles. The summed E-state index contributed by atoms with van der Waals surface area (Å²) in [4.78, 5) is 12.7. The van der Waals surface area contributed by atoms with Crippen molar-refractivity contribution in [3.8, 4) is 0 Å². The highest BCUT2D eigenvalue weighted by Crippen LogP contribution is 2.10. The lowest BCUT2D eigenvalue weighted by Gasteiger charge is -2.23. The second-order valence-electron chi connectivity index (χ2n) is 4.12. The Morgan fingerprint density at radius 3 is 3.06 bits per heavy atom. The SMILES string of the molecule is O=Cc1cc(CCCCN2C=COCC2)co1. The highest BCUT2D eigenvalue weighted by atomic mass is 16.5. The van der Waals surface area contributed by atoms with Gasteiger partial charge >= 0.3 is 0 Å². The number of hydrogen-bond donors (Lipinski definition) is 0. The lowest BCUT2D eigenvalue weighted by Crippen LogP contribution is -2.25. The second-order valence-corrected chi connectivity index (χ2v) is 4.12. The zero-order valence-corrected chi connectivity index (χ0v) is 9.80. The van der Waals surface area contributed by atoms with Crippen LogP contribution < -0.4 is 0 Å². The molecule has 0 saturated carbocycles. The Kier molecular flexibility index (Phi) is 4.24. The van der Waals surface area contributed by atoms with Crippen molar-refractivity contribution in [1.82, 2.24) is 4.90 Å². The minimum atomic E-state index is 0.413. The molecule has 0 radical (unpaired) electrons. The summed E-state index contributed by atoms with van der Waals surface area (Å²) in [6.45, 7) is 2.80. The molecule has 0 saturated heterocycles. The predicted octanol–water partition coefficient (Wildman–Crippen LogP) is 2.22. The lowest BCUT2D eigenvalue weighted by atomic mass is 10.1. The van der Waals surface area contributed by atoms with E-state index < -0.39 is 0 Å². The van der Waals surface area contributed by atoms with Crippen LogP contribution in [0.25, 0.3) is 0 Å². The number of carbonyl (C=O) groups excluding carboxylic acids is 1. The van der Waals surface area contributed by atoms with E-state index in [1.165, 1.54) is 0 Å². The molecule has 0 N–H and O–H groups in total. The summed E-state index contributed by atoms with van der Waals surface area (Å²) in [5, 5.41) is 0. The van der Waals surface area contributed by atoms with Crippen LogP contribution in [0, 0.1) is 0 Å². The number of aldehydes is 1. The molecule has 0 aliphatic carbocycles. The van der Waals surface area contributed by atoms with E-state index in [1.54, 1.807) is 12.5 Å². The van der Waals surface area contributed by atoms with Crippen molar-refractivity contribution in [3.05, 3.63) is 36.1 Å². The van der Waals surface area contributed by atoms with E-state index in [9.17, 15) is 4.79 Å². The van der Waals surface area contributed by atoms with Crippen molar-refractivity contribution in [2.75, 3.05) is 19.7 Å². The predicted molar refractivity (Wildman–Crippen MR) is 63.7 cm³/mol. The smallest absolute Gasteiger partial charge is 0.185 e. The highest BCUT2D eigenvalue weighted by molar-refractivity contribution is 5.70. The van der Waals surface area contributed by atoms with Gasteiger partial charge in [0.25, 0.3) is 0 Å². The van der Waals surface area contributed by atoms with Crippen molar-refractivity contribution in [2.45, 2.75) is 19.3 Å². The van der Waals surface area contributed by atoms with E-state index in [1.807, 2.05) is 12.3 Å². The molecule has 4 heteroatoms. The topological polar surface area (TPSA) is 42.7 Å². The molecule has 0 atom stereocenters. The summed E-state index contributed by atoms with van der Waals surface area (Å²) in [7, 11) is 0. The van der Waals surface area contributed by atoms with Crippen molar-refractivity contribution >= 4 is 6.29 Å². The number of nitrogens with zero attached hydrogens (tertiary/aromatic N) is 1. The van der Waals surface area contributed by atoms with Gasteiger partial charge in [-0.2, -0.15) is 0 Å². The van der Waals surface area contributed by atoms with Crippen molar-refractivity contribution in [1.29, 1.82) is 0 Å². The lowest BCUT2D eigenvalue weighted by molar-refractivity contribution is 0.110. The second kappa shape index (κ2) is 6.13. The zero-order chi connectivity index (χ0) is 11.9. The van der Waals surface area contributed by atoms with Gasteiger partial charge in [0.1, 0.15) is 6.61 Å². The molecule has 0 unspecified atom stereocenters. The van der Waals surface area contributed by atoms with Gasteiger partial charge in [-0.25, -0.2) is 0 Å². The Morgan fingerprint density at radius 2 is 2.35 bits per heavy atom. The Hall–Kier alpha value is -1.71. The molecule has 17 heavy (non-hydrogen) atoms. The molecule has 1 aliphatic heterocycles. The van der Waals surface area contributed by atoms with Gasteiger partial charge in [0.2, 0.25) is 0 Å². The van der Waals surface area contributed by atoms with E-state index in [2.05, 4.69) is 4.90 Å². The third-order valence-electron chi connectivity index (χ3n) is 2.82. The number of rotatable bonds is 6. The molecule has 2 heterocycles. The number of hydrogen-bond acceptors (Lipinski definition) is 4. The molecule has 0 spiro atoms. The van der Waals surface area contributed by atoms with Gasteiger partial charge in [-0.1, -0.05) is 0 Å². The van der Waals surface area contributed by atoms with Crippen LogP contribution in [0.15, 0.2) is 29.2 Å². The quantitative estimate of drug-likeness (QED) is 0.560. The summed E-state index contributed by atoms with van der Waals surface area (Å²) in [6, 6.07) is 1.81. The molecular formula is C13H17NO3. The van der Waals surface area contributed by atoms with Gasteiger partial charge in [0.05, 0.1) is 19.1 Å². The first-order valence-electron chi connectivity index (χ1n) is 5.93. The maximum Gasteiger partial charge on any atom is 0.185 e. The van der Waals surface area contributed by atoms with Crippen LogP contribution in [0.3, 0.4) is 0 Å². The Bertz CT molecular complexity index is 384. The van der Waals surface area contributed by atoms with Gasteiger partial charge < -0.3 is 14.1 Å². The standard InChI is InChI=1S/C13H17NO3/c15-10-13-9-12(11-17-13)3-1-2-4-14-5-7-16-8-6-14/h5,7,9-11H,1-4,6,8H2. The average molecular weight is 235 g/mol. The monoisotopic (exact) mass is 235 g/mol. The van der Waals surface area contributed by atoms with Crippen LogP contribution in [0.1, 0.15) is 29.0 Å². The third-order valence-corrected chi connectivity index (χ3v) is 2.82. The first-order chi connectivity index (χ1) is 8.38. The van der Waals surface area contributed by atoms with Crippen molar-refractivity contribution in [3.63, 3.8) is 0 Å². The van der Waals surface area contributed by atoms with Gasteiger partial charge in [0.15, 0.2) is 12.0 Å². The molecule has 1 aromatic rings. The Morgan fingerprint density at radius 1 is 1.41 bits per heavy atom. The van der Waals surface area contributed by atoms with Crippen molar-refractivity contribution < 1.29 is 13.9 Å². The number of furan rings is 1. The average Bonchev–Trinajstić information content (AvgIpc) is 2.84. The highest BCUT2D eigenvalue weighted by Gasteiger charge is 2.04. The molecule has 0 aromatic carbocycles. The van der Waals surface area contributed by atoms with Crippen molar-refractivity contribution in [2.24, 2.45) is 0 Å². The van der Waals surface area contributed by atoms with E-state index >= 15 is 0 Å². The number of carbonyl (C=O) groups is 1.